The summed E-state index contributed by atoms with van der Waals surface area (Å²) in [6.45, 7) is 5.40. The summed E-state index contributed by atoms with van der Waals surface area (Å²) in [4.78, 5) is 18.8. The van der Waals surface area contributed by atoms with Crippen LogP contribution in [-0.2, 0) is 6.54 Å². The van der Waals surface area contributed by atoms with Crippen LogP contribution in [0, 0.1) is 5.92 Å². The normalized spacial score (nSPS) is 19.7. The quantitative estimate of drug-likeness (QED) is 0.868. The first-order chi connectivity index (χ1) is 9.26. The lowest BCUT2D eigenvalue weighted by molar-refractivity contribution is 0.393. The zero-order valence-corrected chi connectivity index (χ0v) is 11.7. The van der Waals surface area contributed by atoms with Gasteiger partial charge in [0.25, 0.3) is 5.56 Å². The van der Waals surface area contributed by atoms with E-state index in [4.69, 9.17) is 5.73 Å². The first-order valence-electron chi connectivity index (χ1n) is 7.26. The molecule has 2 N–H and O–H groups in total. The summed E-state index contributed by atoms with van der Waals surface area (Å²) in [6, 6.07) is 0. The van der Waals surface area contributed by atoms with E-state index in [1.54, 1.807) is 17.0 Å². The fourth-order valence-electron chi connectivity index (χ4n) is 2.80. The molecule has 0 amide bonds. The molecule has 0 bridgehead atoms. The third kappa shape index (κ3) is 3.35. The summed E-state index contributed by atoms with van der Waals surface area (Å²) in [6.07, 6.45) is 7.83. The molecule has 2 heterocycles. The average molecular weight is 264 g/mol. The number of nitrogens with zero attached hydrogens (tertiary/aromatic N) is 3. The van der Waals surface area contributed by atoms with Gasteiger partial charge in [-0.1, -0.05) is 6.92 Å². The molecule has 1 aliphatic heterocycles. The second-order valence-corrected chi connectivity index (χ2v) is 5.28. The van der Waals surface area contributed by atoms with Crippen molar-refractivity contribution in [2.24, 2.45) is 11.7 Å². The molecule has 1 atom stereocenters. The van der Waals surface area contributed by atoms with E-state index in [2.05, 4.69) is 16.8 Å². The van der Waals surface area contributed by atoms with E-state index in [0.717, 1.165) is 45.4 Å². The number of piperidine rings is 1. The second-order valence-electron chi connectivity index (χ2n) is 5.28. The first-order valence-corrected chi connectivity index (χ1v) is 7.26. The standard InChI is InChI=1S/C14H24N4O/c1-2-8-17-10-7-16-13(14(17)19)18-9-3-4-12(11-18)5-6-15/h7,10,12H,2-6,8-9,11,15H2,1H3. The minimum atomic E-state index is 0.0396. The Bertz CT molecular complexity index is 455. The van der Waals surface area contributed by atoms with Crippen molar-refractivity contribution >= 4 is 5.82 Å². The van der Waals surface area contributed by atoms with E-state index in [1.165, 1.54) is 6.42 Å². The summed E-state index contributed by atoms with van der Waals surface area (Å²) in [5.74, 6) is 1.21. The van der Waals surface area contributed by atoms with Crippen LogP contribution in [0.2, 0.25) is 0 Å². The Morgan fingerprint density at radius 3 is 3.11 bits per heavy atom. The molecular weight excluding hydrogens is 240 g/mol. The molecule has 1 fully saturated rings. The van der Waals surface area contributed by atoms with Crippen LogP contribution < -0.4 is 16.2 Å². The zero-order valence-electron chi connectivity index (χ0n) is 11.7. The smallest absolute Gasteiger partial charge is 0.293 e. The molecular formula is C14H24N4O. The zero-order chi connectivity index (χ0) is 13.7. The molecule has 1 aromatic heterocycles. The minimum Gasteiger partial charge on any atom is -0.352 e. The highest BCUT2D eigenvalue weighted by molar-refractivity contribution is 5.36. The van der Waals surface area contributed by atoms with Crippen LogP contribution in [0.25, 0.3) is 0 Å². The second kappa shape index (κ2) is 6.70. The molecule has 0 radical (unpaired) electrons. The molecule has 1 saturated heterocycles. The third-order valence-corrected chi connectivity index (χ3v) is 3.75. The van der Waals surface area contributed by atoms with Gasteiger partial charge in [0.1, 0.15) is 0 Å². The summed E-state index contributed by atoms with van der Waals surface area (Å²) >= 11 is 0. The van der Waals surface area contributed by atoms with Crippen LogP contribution in [0.3, 0.4) is 0 Å². The molecule has 1 aliphatic rings. The maximum absolute atomic E-state index is 12.4. The SMILES string of the molecule is CCCn1ccnc(N2CCCC(CCN)C2)c1=O. The monoisotopic (exact) mass is 264 g/mol. The van der Waals surface area contributed by atoms with Crippen molar-refractivity contribution in [3.8, 4) is 0 Å². The largest absolute Gasteiger partial charge is 0.352 e. The summed E-state index contributed by atoms with van der Waals surface area (Å²) in [5, 5.41) is 0. The van der Waals surface area contributed by atoms with Gasteiger partial charge in [-0.2, -0.15) is 0 Å². The Hall–Kier alpha value is -1.36. The van der Waals surface area contributed by atoms with Gasteiger partial charge in [0.15, 0.2) is 5.82 Å². The molecule has 0 spiro atoms. The Morgan fingerprint density at radius 2 is 2.37 bits per heavy atom. The van der Waals surface area contributed by atoms with Crippen LogP contribution in [-0.4, -0.2) is 29.2 Å². The summed E-state index contributed by atoms with van der Waals surface area (Å²) in [5.41, 5.74) is 5.68. The average Bonchev–Trinajstić information content (AvgIpc) is 2.42. The topological polar surface area (TPSA) is 64.2 Å². The van der Waals surface area contributed by atoms with Crippen molar-refractivity contribution < 1.29 is 0 Å². The molecule has 5 nitrogen and oxygen atoms in total. The van der Waals surface area contributed by atoms with E-state index in [1.807, 2.05) is 0 Å². The van der Waals surface area contributed by atoms with E-state index in [9.17, 15) is 4.79 Å². The van der Waals surface area contributed by atoms with E-state index >= 15 is 0 Å². The van der Waals surface area contributed by atoms with Crippen molar-refractivity contribution in [3.05, 3.63) is 22.7 Å². The van der Waals surface area contributed by atoms with Gasteiger partial charge in [0, 0.05) is 32.0 Å². The number of aromatic nitrogens is 2. The van der Waals surface area contributed by atoms with Crippen LogP contribution in [0.5, 0.6) is 0 Å². The molecule has 5 heteroatoms. The number of hydrogen-bond acceptors (Lipinski definition) is 4. The van der Waals surface area contributed by atoms with Gasteiger partial charge in [-0.05, 0) is 38.1 Å². The third-order valence-electron chi connectivity index (χ3n) is 3.75. The number of anilines is 1. The Labute approximate surface area is 114 Å². The molecule has 0 aromatic carbocycles. The molecule has 19 heavy (non-hydrogen) atoms. The van der Waals surface area contributed by atoms with Crippen molar-refractivity contribution in [2.75, 3.05) is 24.5 Å². The fraction of sp³-hybridized carbons (Fsp3) is 0.714. The summed E-state index contributed by atoms with van der Waals surface area (Å²) in [7, 11) is 0. The van der Waals surface area contributed by atoms with Gasteiger partial charge < -0.3 is 15.2 Å². The molecule has 0 saturated carbocycles. The highest BCUT2D eigenvalue weighted by Crippen LogP contribution is 2.21. The lowest BCUT2D eigenvalue weighted by Gasteiger charge is -2.33. The maximum atomic E-state index is 12.4. The molecule has 1 aromatic rings. The molecule has 0 aliphatic carbocycles. The lowest BCUT2D eigenvalue weighted by Crippen LogP contribution is -2.40. The summed E-state index contributed by atoms with van der Waals surface area (Å²) < 4.78 is 1.76. The van der Waals surface area contributed by atoms with Crippen LogP contribution in [0.15, 0.2) is 17.2 Å². The van der Waals surface area contributed by atoms with E-state index in [-0.39, 0.29) is 5.56 Å². The maximum Gasteiger partial charge on any atom is 0.293 e. The Morgan fingerprint density at radius 1 is 1.53 bits per heavy atom. The fourth-order valence-corrected chi connectivity index (χ4v) is 2.80. The van der Waals surface area contributed by atoms with Crippen molar-refractivity contribution in [1.29, 1.82) is 0 Å². The van der Waals surface area contributed by atoms with Gasteiger partial charge in [0.05, 0.1) is 0 Å². The molecule has 106 valence electrons. The van der Waals surface area contributed by atoms with Crippen molar-refractivity contribution in [1.82, 2.24) is 9.55 Å². The predicted octanol–water partition coefficient (Wildman–Crippen LogP) is 1.22. The lowest BCUT2D eigenvalue weighted by atomic mass is 9.95. The van der Waals surface area contributed by atoms with Crippen LogP contribution in [0.4, 0.5) is 5.82 Å². The van der Waals surface area contributed by atoms with E-state index in [0.29, 0.717) is 11.7 Å². The van der Waals surface area contributed by atoms with E-state index < -0.39 is 0 Å². The van der Waals surface area contributed by atoms with Gasteiger partial charge in [-0.15, -0.1) is 0 Å². The molecule has 1 unspecified atom stereocenters. The first kappa shape index (κ1) is 14.1. The van der Waals surface area contributed by atoms with Gasteiger partial charge in [-0.3, -0.25) is 4.79 Å². The Balaban J connectivity index is 2.17. The molecule has 2 rings (SSSR count). The van der Waals surface area contributed by atoms with Gasteiger partial charge in [0.2, 0.25) is 0 Å². The van der Waals surface area contributed by atoms with Gasteiger partial charge in [-0.25, -0.2) is 4.98 Å². The number of aryl methyl sites for hydroxylation is 1. The predicted molar refractivity (Wildman–Crippen MR) is 77.4 cm³/mol. The van der Waals surface area contributed by atoms with Crippen molar-refractivity contribution in [3.63, 3.8) is 0 Å². The number of hydrogen-bond donors (Lipinski definition) is 1. The van der Waals surface area contributed by atoms with Crippen LogP contribution >= 0.6 is 0 Å². The van der Waals surface area contributed by atoms with Crippen molar-refractivity contribution in [2.45, 2.75) is 39.2 Å². The number of rotatable bonds is 5. The van der Waals surface area contributed by atoms with Gasteiger partial charge >= 0.3 is 0 Å². The van der Waals surface area contributed by atoms with Crippen LogP contribution in [0.1, 0.15) is 32.6 Å². The highest BCUT2D eigenvalue weighted by atomic mass is 16.1. The number of nitrogens with two attached hydrogens (primary N) is 1. The minimum absolute atomic E-state index is 0.0396. The Kier molecular flexibility index (Phi) is 4.96. The highest BCUT2D eigenvalue weighted by Gasteiger charge is 2.22.